The molecule has 2 aromatic heterocycles. The van der Waals surface area contributed by atoms with Gasteiger partial charge in [-0.05, 0) is 75.0 Å². The van der Waals surface area contributed by atoms with Crippen LogP contribution in [0.4, 0.5) is 0 Å². The van der Waals surface area contributed by atoms with Crippen molar-refractivity contribution in [3.63, 3.8) is 0 Å². The van der Waals surface area contributed by atoms with Crippen molar-refractivity contribution in [1.82, 2.24) is 20.1 Å². The highest BCUT2D eigenvalue weighted by molar-refractivity contribution is 7.80. The van der Waals surface area contributed by atoms with Crippen molar-refractivity contribution < 1.29 is 9.15 Å². The molecular formula is C22H28N4O3S. The van der Waals surface area contributed by atoms with Crippen LogP contribution >= 0.6 is 12.2 Å². The first-order chi connectivity index (χ1) is 14.5. The van der Waals surface area contributed by atoms with E-state index in [1.807, 2.05) is 55.4 Å². The van der Waals surface area contributed by atoms with Crippen molar-refractivity contribution >= 4 is 28.2 Å². The number of pyridine rings is 1. The van der Waals surface area contributed by atoms with E-state index in [1.165, 1.54) is 0 Å². The normalized spacial score (nSPS) is 11.1. The fourth-order valence-electron chi connectivity index (χ4n) is 3.17. The zero-order valence-corrected chi connectivity index (χ0v) is 18.4. The number of fused-ring (bicyclic) bond motifs is 1. The van der Waals surface area contributed by atoms with Crippen molar-refractivity contribution in [3.05, 3.63) is 64.3 Å². The monoisotopic (exact) mass is 428 g/mol. The van der Waals surface area contributed by atoms with E-state index in [9.17, 15) is 4.79 Å². The first-order valence-electron chi connectivity index (χ1n) is 9.86. The Balaban J connectivity index is 1.78. The molecule has 0 atom stereocenters. The highest BCUT2D eigenvalue weighted by atomic mass is 32.1. The van der Waals surface area contributed by atoms with Crippen molar-refractivity contribution in [2.24, 2.45) is 0 Å². The average Bonchev–Trinajstić information content (AvgIpc) is 3.23. The Bertz CT molecular complexity index is 1030. The summed E-state index contributed by atoms with van der Waals surface area (Å²) >= 11 is 5.63. The van der Waals surface area contributed by atoms with Gasteiger partial charge in [-0.3, -0.25) is 4.79 Å². The SMILES string of the molecule is COc1ccc2cc(CN(Cc3ccco3)C(=S)NCCCN(C)C)c(=O)[nH]c2c1. The number of furan rings is 1. The number of aromatic amines is 1. The van der Waals surface area contributed by atoms with Gasteiger partial charge in [-0.15, -0.1) is 0 Å². The van der Waals surface area contributed by atoms with Gasteiger partial charge in [0.15, 0.2) is 5.11 Å². The molecule has 1 aromatic carbocycles. The zero-order chi connectivity index (χ0) is 21.5. The number of benzene rings is 1. The number of nitrogens with zero attached hydrogens (tertiary/aromatic N) is 2. The maximum atomic E-state index is 12.7. The van der Waals surface area contributed by atoms with Gasteiger partial charge in [-0.25, -0.2) is 0 Å². The lowest BCUT2D eigenvalue weighted by atomic mass is 10.1. The summed E-state index contributed by atoms with van der Waals surface area (Å²) in [7, 11) is 5.69. The molecule has 0 aliphatic carbocycles. The van der Waals surface area contributed by atoms with Gasteiger partial charge in [-0.2, -0.15) is 0 Å². The summed E-state index contributed by atoms with van der Waals surface area (Å²) in [5.41, 5.74) is 1.23. The number of H-pyrrole nitrogens is 1. The molecule has 3 rings (SSSR count). The Hall–Kier alpha value is -2.84. The van der Waals surface area contributed by atoms with Crippen molar-refractivity contribution in [1.29, 1.82) is 0 Å². The minimum atomic E-state index is -0.143. The molecule has 160 valence electrons. The molecule has 30 heavy (non-hydrogen) atoms. The lowest BCUT2D eigenvalue weighted by molar-refractivity contribution is 0.348. The highest BCUT2D eigenvalue weighted by Crippen LogP contribution is 2.19. The van der Waals surface area contributed by atoms with Crippen molar-refractivity contribution in [2.45, 2.75) is 19.5 Å². The third kappa shape index (κ3) is 5.84. The van der Waals surface area contributed by atoms with Gasteiger partial charge < -0.3 is 29.3 Å². The number of nitrogens with one attached hydrogen (secondary N) is 2. The van der Waals surface area contributed by atoms with Crippen LogP contribution in [-0.4, -0.2) is 54.2 Å². The molecule has 0 spiro atoms. The van der Waals surface area contributed by atoms with E-state index in [-0.39, 0.29) is 5.56 Å². The number of rotatable bonds is 9. The van der Waals surface area contributed by atoms with Gasteiger partial charge in [0.05, 0.1) is 32.0 Å². The van der Waals surface area contributed by atoms with Crippen LogP contribution in [0.15, 0.2) is 51.9 Å². The lowest BCUT2D eigenvalue weighted by Crippen LogP contribution is -2.40. The molecule has 0 fully saturated rings. The summed E-state index contributed by atoms with van der Waals surface area (Å²) < 4.78 is 10.7. The Morgan fingerprint density at radius 3 is 2.77 bits per heavy atom. The number of hydrogen-bond acceptors (Lipinski definition) is 5. The molecule has 7 nitrogen and oxygen atoms in total. The topological polar surface area (TPSA) is 73.7 Å². The number of thiocarbonyl (C=S) groups is 1. The summed E-state index contributed by atoms with van der Waals surface area (Å²) in [6.45, 7) is 2.59. The summed E-state index contributed by atoms with van der Waals surface area (Å²) in [5.74, 6) is 1.49. The van der Waals surface area contributed by atoms with Gasteiger partial charge in [0.1, 0.15) is 11.5 Å². The van der Waals surface area contributed by atoms with E-state index >= 15 is 0 Å². The first-order valence-corrected chi connectivity index (χ1v) is 10.3. The molecule has 0 saturated carbocycles. The number of methoxy groups -OCH3 is 1. The van der Waals surface area contributed by atoms with Crippen LogP contribution in [0, 0.1) is 0 Å². The second kappa shape index (κ2) is 10.3. The summed E-state index contributed by atoms with van der Waals surface area (Å²) in [6, 6.07) is 11.3. The molecule has 0 aliphatic rings. The summed E-state index contributed by atoms with van der Waals surface area (Å²) in [4.78, 5) is 19.7. The molecule has 0 radical (unpaired) electrons. The third-order valence-corrected chi connectivity index (χ3v) is 5.17. The molecule has 2 N–H and O–H groups in total. The summed E-state index contributed by atoms with van der Waals surface area (Å²) in [6.07, 6.45) is 2.61. The smallest absolute Gasteiger partial charge is 0.253 e. The van der Waals surface area contributed by atoms with E-state index in [2.05, 4.69) is 15.2 Å². The molecule has 0 aliphatic heterocycles. The Labute approximate surface area is 181 Å². The third-order valence-electron chi connectivity index (χ3n) is 4.76. The lowest BCUT2D eigenvalue weighted by Gasteiger charge is -2.25. The Kier molecular flexibility index (Phi) is 7.48. The molecule has 2 heterocycles. The van der Waals surface area contributed by atoms with E-state index in [1.54, 1.807) is 13.4 Å². The molecule has 0 unspecified atom stereocenters. The number of ether oxygens (including phenoxy) is 1. The minimum absolute atomic E-state index is 0.143. The van der Waals surface area contributed by atoms with Crippen molar-refractivity contribution in [2.75, 3.05) is 34.3 Å². The van der Waals surface area contributed by atoms with E-state index in [4.69, 9.17) is 21.4 Å². The Morgan fingerprint density at radius 1 is 1.23 bits per heavy atom. The Morgan fingerprint density at radius 2 is 2.07 bits per heavy atom. The molecule has 0 amide bonds. The van der Waals surface area contributed by atoms with Crippen LogP contribution in [0.1, 0.15) is 17.7 Å². The van der Waals surface area contributed by atoms with Crippen LogP contribution in [-0.2, 0) is 13.1 Å². The van der Waals surface area contributed by atoms with Gasteiger partial charge in [0, 0.05) is 18.2 Å². The zero-order valence-electron chi connectivity index (χ0n) is 17.6. The molecular weight excluding hydrogens is 400 g/mol. The van der Waals surface area contributed by atoms with Gasteiger partial charge in [0.25, 0.3) is 5.56 Å². The second-order valence-corrected chi connectivity index (χ2v) is 7.79. The van der Waals surface area contributed by atoms with E-state index in [0.29, 0.717) is 29.5 Å². The van der Waals surface area contributed by atoms with Gasteiger partial charge in [0.2, 0.25) is 0 Å². The summed E-state index contributed by atoms with van der Waals surface area (Å²) in [5, 5.41) is 4.84. The van der Waals surface area contributed by atoms with Crippen LogP contribution in [0.25, 0.3) is 10.9 Å². The molecule has 8 heteroatoms. The standard InChI is InChI=1S/C22H28N4O3S/c1-25(2)10-5-9-23-22(30)26(15-19-6-4-11-29-19)14-17-12-16-7-8-18(28-3)13-20(16)24-21(17)27/h4,6-8,11-13H,5,9-10,14-15H2,1-3H3,(H,23,30)(H,24,27). The fraction of sp³-hybridized carbons (Fsp3) is 0.364. The van der Waals surface area contributed by atoms with Crippen LogP contribution in [0.5, 0.6) is 5.75 Å². The van der Waals surface area contributed by atoms with Crippen molar-refractivity contribution in [3.8, 4) is 5.75 Å². The molecule has 3 aromatic rings. The number of aromatic nitrogens is 1. The fourth-order valence-corrected chi connectivity index (χ4v) is 3.40. The first kappa shape index (κ1) is 21.9. The number of hydrogen-bond donors (Lipinski definition) is 2. The van der Waals surface area contributed by atoms with Crippen LogP contribution < -0.4 is 15.6 Å². The predicted octanol–water partition coefficient (Wildman–Crippen LogP) is 2.96. The van der Waals surface area contributed by atoms with Gasteiger partial charge >= 0.3 is 0 Å². The predicted molar refractivity (Wildman–Crippen MR) is 123 cm³/mol. The van der Waals surface area contributed by atoms with E-state index in [0.717, 1.165) is 36.2 Å². The van der Waals surface area contributed by atoms with E-state index < -0.39 is 0 Å². The minimum Gasteiger partial charge on any atom is -0.497 e. The largest absolute Gasteiger partial charge is 0.497 e. The molecule has 0 saturated heterocycles. The van der Waals surface area contributed by atoms with Crippen LogP contribution in [0.2, 0.25) is 0 Å². The maximum Gasteiger partial charge on any atom is 0.253 e. The molecule has 0 bridgehead atoms. The average molecular weight is 429 g/mol. The maximum absolute atomic E-state index is 12.7. The second-order valence-electron chi connectivity index (χ2n) is 7.40. The van der Waals surface area contributed by atoms with Crippen LogP contribution in [0.3, 0.4) is 0 Å². The van der Waals surface area contributed by atoms with Gasteiger partial charge in [-0.1, -0.05) is 0 Å². The highest BCUT2D eigenvalue weighted by Gasteiger charge is 2.15. The quantitative estimate of drug-likeness (QED) is 0.401.